The van der Waals surface area contributed by atoms with Gasteiger partial charge in [0.1, 0.15) is 0 Å². The molecule has 0 aliphatic heterocycles. The van der Waals surface area contributed by atoms with E-state index in [0.29, 0.717) is 6.42 Å². The fraction of sp³-hybridized carbons (Fsp3) is 0.429. The summed E-state index contributed by atoms with van der Waals surface area (Å²) >= 11 is 1.63. The first-order chi connectivity index (χ1) is 8.66. The fourth-order valence-electron chi connectivity index (χ4n) is 1.71. The first kappa shape index (κ1) is 13.1. The van der Waals surface area contributed by atoms with Crippen LogP contribution in [0.3, 0.4) is 0 Å². The van der Waals surface area contributed by atoms with Gasteiger partial charge in [-0.2, -0.15) is 0 Å². The van der Waals surface area contributed by atoms with Crippen LogP contribution in [-0.2, 0) is 4.79 Å². The minimum atomic E-state index is -0.749. The molecule has 3 nitrogen and oxygen atoms in total. The van der Waals surface area contributed by atoms with Crippen LogP contribution in [0.2, 0.25) is 0 Å². The second-order valence-electron chi connectivity index (χ2n) is 4.51. The number of benzene rings is 1. The third kappa shape index (κ3) is 3.88. The predicted octanol–water partition coefficient (Wildman–Crippen LogP) is 3.24. The first-order valence-corrected chi connectivity index (χ1v) is 7.14. The number of hydrogen-bond acceptors (Lipinski definition) is 3. The van der Waals surface area contributed by atoms with Crippen molar-refractivity contribution in [1.29, 1.82) is 0 Å². The molecule has 0 saturated heterocycles. The van der Waals surface area contributed by atoms with E-state index in [1.165, 1.54) is 0 Å². The largest absolute Gasteiger partial charge is 0.481 e. The van der Waals surface area contributed by atoms with Crippen LogP contribution in [0, 0.1) is 5.92 Å². The van der Waals surface area contributed by atoms with Crippen LogP contribution in [0.5, 0.6) is 0 Å². The molecule has 2 rings (SSSR count). The molecule has 0 bridgehead atoms. The van der Waals surface area contributed by atoms with Crippen LogP contribution in [0.15, 0.2) is 29.2 Å². The van der Waals surface area contributed by atoms with Crippen molar-refractivity contribution in [3.8, 4) is 0 Å². The lowest BCUT2D eigenvalue weighted by atomic mass is 10.1. The van der Waals surface area contributed by atoms with Gasteiger partial charge in [-0.15, -0.1) is 11.8 Å². The summed E-state index contributed by atoms with van der Waals surface area (Å²) in [6, 6.07) is 7.64. The molecule has 96 valence electrons. The fourth-order valence-corrected chi connectivity index (χ4v) is 2.56. The van der Waals surface area contributed by atoms with Gasteiger partial charge in [-0.25, -0.2) is 0 Å². The average molecular weight is 264 g/mol. The van der Waals surface area contributed by atoms with Crippen molar-refractivity contribution < 1.29 is 14.7 Å². The van der Waals surface area contributed by atoms with Crippen molar-refractivity contribution >= 4 is 23.5 Å². The Morgan fingerprint density at radius 1 is 1.22 bits per heavy atom. The summed E-state index contributed by atoms with van der Waals surface area (Å²) in [5, 5.41) is 8.52. The van der Waals surface area contributed by atoms with E-state index in [1.807, 2.05) is 24.3 Å². The van der Waals surface area contributed by atoms with E-state index in [1.54, 1.807) is 11.8 Å². The number of thioether (sulfide) groups is 1. The number of aliphatic carboxylic acids is 1. The zero-order valence-corrected chi connectivity index (χ0v) is 10.9. The summed E-state index contributed by atoms with van der Waals surface area (Å²) in [7, 11) is 0. The Morgan fingerprint density at radius 3 is 2.44 bits per heavy atom. The molecule has 1 aliphatic rings. The number of ketones is 1. The van der Waals surface area contributed by atoms with E-state index in [4.69, 9.17) is 5.11 Å². The second kappa shape index (κ2) is 6.05. The minimum absolute atomic E-state index is 0.214. The third-order valence-electron chi connectivity index (χ3n) is 2.89. The van der Waals surface area contributed by atoms with E-state index >= 15 is 0 Å². The van der Waals surface area contributed by atoms with E-state index < -0.39 is 5.97 Å². The van der Waals surface area contributed by atoms with Gasteiger partial charge in [-0.1, -0.05) is 12.1 Å². The summed E-state index contributed by atoms with van der Waals surface area (Å²) in [6.07, 6.45) is 2.95. The molecule has 1 fully saturated rings. The topological polar surface area (TPSA) is 54.4 Å². The normalized spacial score (nSPS) is 14.4. The second-order valence-corrected chi connectivity index (χ2v) is 5.68. The molecule has 18 heavy (non-hydrogen) atoms. The van der Waals surface area contributed by atoms with Gasteiger partial charge in [0.05, 0.1) is 0 Å². The van der Waals surface area contributed by atoms with Gasteiger partial charge >= 0.3 is 5.97 Å². The summed E-state index contributed by atoms with van der Waals surface area (Å²) in [5.41, 5.74) is 0.799. The van der Waals surface area contributed by atoms with Crippen LogP contribution in [0.4, 0.5) is 0 Å². The maximum Gasteiger partial charge on any atom is 0.303 e. The number of rotatable bonds is 7. The molecule has 0 amide bonds. The first-order valence-electron chi connectivity index (χ1n) is 6.15. The quantitative estimate of drug-likeness (QED) is 0.466. The monoisotopic (exact) mass is 264 g/mol. The Morgan fingerprint density at radius 2 is 1.89 bits per heavy atom. The maximum atomic E-state index is 11.8. The highest BCUT2D eigenvalue weighted by Gasteiger charge is 2.30. The molecule has 4 heteroatoms. The zero-order chi connectivity index (χ0) is 13.0. The van der Waals surface area contributed by atoms with Gasteiger partial charge in [0.15, 0.2) is 5.78 Å². The molecule has 0 spiro atoms. The van der Waals surface area contributed by atoms with E-state index in [9.17, 15) is 9.59 Å². The van der Waals surface area contributed by atoms with Crippen molar-refractivity contribution in [2.24, 2.45) is 5.92 Å². The molecule has 0 unspecified atom stereocenters. The molecule has 1 aromatic carbocycles. The maximum absolute atomic E-state index is 11.8. The van der Waals surface area contributed by atoms with Gasteiger partial charge in [-0.05, 0) is 37.1 Å². The molecule has 0 heterocycles. The average Bonchev–Trinajstić information content (AvgIpc) is 3.18. The van der Waals surface area contributed by atoms with Crippen molar-refractivity contribution in [1.82, 2.24) is 0 Å². The van der Waals surface area contributed by atoms with Gasteiger partial charge in [0.25, 0.3) is 0 Å². The Labute approximate surface area is 111 Å². The van der Waals surface area contributed by atoms with Crippen LogP contribution in [0.1, 0.15) is 36.0 Å². The van der Waals surface area contributed by atoms with Crippen molar-refractivity contribution in [3.05, 3.63) is 29.8 Å². The number of carboxylic acids is 1. The van der Waals surface area contributed by atoms with Crippen molar-refractivity contribution in [2.75, 3.05) is 5.75 Å². The predicted molar refractivity (Wildman–Crippen MR) is 71.1 cm³/mol. The van der Waals surface area contributed by atoms with Gasteiger partial charge in [0, 0.05) is 22.8 Å². The lowest BCUT2D eigenvalue weighted by Gasteiger charge is -2.02. The minimum Gasteiger partial charge on any atom is -0.481 e. The van der Waals surface area contributed by atoms with Gasteiger partial charge < -0.3 is 5.11 Å². The number of Topliss-reactive ketones (excluding diaryl/α,β-unsaturated/α-hetero) is 1. The van der Waals surface area contributed by atoms with Crippen LogP contribution >= 0.6 is 11.8 Å². The summed E-state index contributed by atoms with van der Waals surface area (Å²) < 4.78 is 0. The Balaban J connectivity index is 1.80. The molecule has 1 saturated carbocycles. The van der Waals surface area contributed by atoms with Gasteiger partial charge in [-0.3, -0.25) is 9.59 Å². The smallest absolute Gasteiger partial charge is 0.303 e. The number of carbonyl (C=O) groups is 2. The SMILES string of the molecule is O=C(O)CCCSc1ccc(C(=O)C2CC2)cc1. The molecular formula is C14H16O3S. The number of carbonyl (C=O) groups excluding carboxylic acids is 1. The standard InChI is InChI=1S/C14H16O3S/c15-13(16)2-1-9-18-12-7-5-11(6-8-12)14(17)10-3-4-10/h5-8,10H,1-4,9H2,(H,15,16). The van der Waals surface area contributed by atoms with E-state index in [2.05, 4.69) is 0 Å². The summed E-state index contributed by atoms with van der Waals surface area (Å²) in [6.45, 7) is 0. The third-order valence-corrected chi connectivity index (χ3v) is 3.99. The molecule has 0 radical (unpaired) electrons. The molecule has 0 atom stereocenters. The van der Waals surface area contributed by atoms with Gasteiger partial charge in [0.2, 0.25) is 0 Å². The summed E-state index contributed by atoms with van der Waals surface area (Å²) in [4.78, 5) is 23.2. The lowest BCUT2D eigenvalue weighted by molar-refractivity contribution is -0.137. The Bertz CT molecular complexity index is 435. The molecular weight excluding hydrogens is 248 g/mol. The molecule has 1 aromatic rings. The summed E-state index contributed by atoms with van der Waals surface area (Å²) in [5.74, 6) is 0.569. The van der Waals surface area contributed by atoms with Crippen molar-refractivity contribution in [3.63, 3.8) is 0 Å². The lowest BCUT2D eigenvalue weighted by Crippen LogP contribution is -2.00. The zero-order valence-electron chi connectivity index (χ0n) is 10.1. The van der Waals surface area contributed by atoms with Crippen molar-refractivity contribution in [2.45, 2.75) is 30.6 Å². The highest BCUT2D eigenvalue weighted by atomic mass is 32.2. The highest BCUT2D eigenvalue weighted by molar-refractivity contribution is 7.99. The Hall–Kier alpha value is -1.29. The number of carboxylic acid groups (broad SMARTS) is 1. The molecule has 0 aromatic heterocycles. The Kier molecular flexibility index (Phi) is 4.42. The molecule has 1 aliphatic carbocycles. The van der Waals surface area contributed by atoms with Crippen LogP contribution in [0.25, 0.3) is 0 Å². The van der Waals surface area contributed by atoms with Crippen LogP contribution < -0.4 is 0 Å². The van der Waals surface area contributed by atoms with Crippen LogP contribution in [-0.4, -0.2) is 22.6 Å². The molecule has 1 N–H and O–H groups in total. The number of hydrogen-bond donors (Lipinski definition) is 1. The van der Waals surface area contributed by atoms with E-state index in [-0.39, 0.29) is 18.1 Å². The van der Waals surface area contributed by atoms with E-state index in [0.717, 1.165) is 29.1 Å². The highest BCUT2D eigenvalue weighted by Crippen LogP contribution is 2.33.